The summed E-state index contributed by atoms with van der Waals surface area (Å²) in [7, 11) is -0.0518. The molecule has 3 N–H and O–H groups in total. The van der Waals surface area contributed by atoms with Crippen molar-refractivity contribution in [1.82, 2.24) is 20.4 Å². The molecule has 4 rings (SSSR count). The lowest BCUT2D eigenvalue weighted by atomic mass is 10.0. The molecule has 0 bridgehead atoms. The summed E-state index contributed by atoms with van der Waals surface area (Å²) in [5.74, 6) is -2.02. The second kappa shape index (κ2) is 9.01. The van der Waals surface area contributed by atoms with Crippen molar-refractivity contribution in [3.8, 4) is 0 Å². The maximum absolute atomic E-state index is 14.7. The van der Waals surface area contributed by atoms with Gasteiger partial charge in [-0.2, -0.15) is 5.10 Å². The van der Waals surface area contributed by atoms with Gasteiger partial charge in [0.2, 0.25) is 11.8 Å². The standard InChI is InChI=1S/C24H28FN5O3Si/c1-30-19-7-5-14(9-15(19)13-27-30)22(29-23(32)16-10-21(31)26-12-16)24(33)28-17-6-8-20(18(25)11-17)34(2,3)4/h5-9,11,13,16,22H,10,12H2,1-4H3,(H,26,31)(H,28,33)(H,29,32)/t16?,22-/m1/s1. The molecule has 0 radical (unpaired) electrons. The van der Waals surface area contributed by atoms with Crippen molar-refractivity contribution in [2.75, 3.05) is 11.9 Å². The number of carbonyl (C=O) groups is 3. The van der Waals surface area contributed by atoms with Gasteiger partial charge in [-0.15, -0.1) is 0 Å². The second-order valence-electron chi connectivity index (χ2n) is 9.67. The topological polar surface area (TPSA) is 105 Å². The van der Waals surface area contributed by atoms with Crippen LogP contribution < -0.4 is 21.1 Å². The normalized spacial score (nSPS) is 16.9. The lowest BCUT2D eigenvalue weighted by molar-refractivity contribution is -0.129. The number of benzene rings is 2. The minimum atomic E-state index is -1.87. The summed E-state index contributed by atoms with van der Waals surface area (Å²) in [5.41, 5.74) is 1.75. The van der Waals surface area contributed by atoms with E-state index in [4.69, 9.17) is 0 Å². The van der Waals surface area contributed by atoms with Crippen LogP contribution in [0, 0.1) is 11.7 Å². The van der Waals surface area contributed by atoms with Crippen molar-refractivity contribution < 1.29 is 18.8 Å². The number of rotatable bonds is 6. The van der Waals surface area contributed by atoms with E-state index in [9.17, 15) is 18.8 Å². The van der Waals surface area contributed by atoms with Crippen molar-refractivity contribution in [3.05, 3.63) is 54.0 Å². The molecule has 34 heavy (non-hydrogen) atoms. The molecule has 1 aromatic heterocycles. The van der Waals surface area contributed by atoms with Gasteiger partial charge in [-0.1, -0.05) is 31.8 Å². The number of nitrogens with one attached hydrogen (secondary N) is 3. The predicted molar refractivity (Wildman–Crippen MR) is 131 cm³/mol. The van der Waals surface area contributed by atoms with Crippen molar-refractivity contribution in [3.63, 3.8) is 0 Å². The van der Waals surface area contributed by atoms with Crippen LogP contribution >= 0.6 is 0 Å². The van der Waals surface area contributed by atoms with E-state index in [0.29, 0.717) is 16.4 Å². The van der Waals surface area contributed by atoms with Gasteiger partial charge in [-0.05, 0) is 35.0 Å². The Morgan fingerprint density at radius 3 is 2.62 bits per heavy atom. The van der Waals surface area contributed by atoms with Gasteiger partial charge in [0.25, 0.3) is 5.91 Å². The fourth-order valence-electron chi connectivity index (χ4n) is 4.13. The summed E-state index contributed by atoms with van der Waals surface area (Å²) in [6, 6.07) is 9.04. The van der Waals surface area contributed by atoms with E-state index in [1.54, 1.807) is 35.1 Å². The van der Waals surface area contributed by atoms with Gasteiger partial charge in [0.05, 0.1) is 25.7 Å². The number of carbonyl (C=O) groups excluding carboxylic acids is 3. The fourth-order valence-corrected chi connectivity index (χ4v) is 5.50. The number of amides is 3. The van der Waals surface area contributed by atoms with E-state index in [2.05, 4.69) is 21.0 Å². The van der Waals surface area contributed by atoms with Crippen LogP contribution in [-0.2, 0) is 21.4 Å². The molecule has 2 atom stereocenters. The highest BCUT2D eigenvalue weighted by Crippen LogP contribution is 2.23. The zero-order valence-electron chi connectivity index (χ0n) is 19.6. The lowest BCUT2D eigenvalue weighted by Crippen LogP contribution is -2.41. The molecule has 178 valence electrons. The number of halogens is 1. The smallest absolute Gasteiger partial charge is 0.251 e. The lowest BCUT2D eigenvalue weighted by Gasteiger charge is -2.22. The van der Waals surface area contributed by atoms with E-state index < -0.39 is 31.8 Å². The molecular formula is C24H28FN5O3Si. The van der Waals surface area contributed by atoms with Gasteiger partial charge in [0, 0.05) is 31.1 Å². The van der Waals surface area contributed by atoms with E-state index in [0.717, 1.165) is 10.9 Å². The first-order valence-corrected chi connectivity index (χ1v) is 14.6. The van der Waals surface area contributed by atoms with Crippen LogP contribution in [0.1, 0.15) is 18.0 Å². The molecule has 8 nitrogen and oxygen atoms in total. The van der Waals surface area contributed by atoms with E-state index in [1.165, 1.54) is 6.07 Å². The number of hydrogen-bond donors (Lipinski definition) is 3. The Morgan fingerprint density at radius 2 is 1.97 bits per heavy atom. The highest BCUT2D eigenvalue weighted by atomic mass is 28.3. The molecular weight excluding hydrogens is 453 g/mol. The van der Waals surface area contributed by atoms with Crippen LogP contribution in [-0.4, -0.2) is 42.1 Å². The van der Waals surface area contributed by atoms with Crippen LogP contribution in [0.25, 0.3) is 10.9 Å². The molecule has 1 aliphatic rings. The Labute approximate surface area is 197 Å². The molecule has 0 aliphatic carbocycles. The first-order valence-electron chi connectivity index (χ1n) is 11.1. The molecule has 1 unspecified atom stereocenters. The summed E-state index contributed by atoms with van der Waals surface area (Å²) >= 11 is 0. The van der Waals surface area contributed by atoms with Crippen LogP contribution in [0.5, 0.6) is 0 Å². The van der Waals surface area contributed by atoms with E-state index >= 15 is 0 Å². The van der Waals surface area contributed by atoms with Gasteiger partial charge in [0.1, 0.15) is 11.9 Å². The number of hydrogen-bond acceptors (Lipinski definition) is 4. The molecule has 2 aromatic carbocycles. The zero-order valence-corrected chi connectivity index (χ0v) is 20.6. The van der Waals surface area contributed by atoms with Gasteiger partial charge in [-0.25, -0.2) is 4.39 Å². The summed E-state index contributed by atoms with van der Waals surface area (Å²) in [4.78, 5) is 37.7. The first-order chi connectivity index (χ1) is 16.0. The molecule has 0 spiro atoms. The molecule has 1 fully saturated rings. The molecule has 2 heterocycles. The first kappa shape index (κ1) is 23.6. The molecule has 0 saturated carbocycles. The number of nitrogens with zero attached hydrogens (tertiary/aromatic N) is 2. The average Bonchev–Trinajstić information content (AvgIpc) is 3.36. The Balaban J connectivity index is 1.62. The Kier molecular flexibility index (Phi) is 6.26. The largest absolute Gasteiger partial charge is 0.355 e. The summed E-state index contributed by atoms with van der Waals surface area (Å²) in [5, 5.41) is 13.9. The van der Waals surface area contributed by atoms with Crippen molar-refractivity contribution in [1.29, 1.82) is 0 Å². The molecule has 3 aromatic rings. The van der Waals surface area contributed by atoms with Gasteiger partial charge in [-0.3, -0.25) is 19.1 Å². The average molecular weight is 482 g/mol. The van der Waals surface area contributed by atoms with Crippen LogP contribution in [0.4, 0.5) is 10.1 Å². The SMILES string of the molecule is Cn1ncc2cc([C@@H](NC(=O)C3CNC(=O)C3)C(=O)Nc3ccc([Si](C)(C)C)c(F)c3)ccc21. The third-order valence-corrected chi connectivity index (χ3v) is 8.07. The Bertz CT molecular complexity index is 1280. The van der Waals surface area contributed by atoms with Crippen molar-refractivity contribution >= 4 is 47.6 Å². The molecule has 3 amide bonds. The van der Waals surface area contributed by atoms with E-state index in [1.807, 2.05) is 32.8 Å². The van der Waals surface area contributed by atoms with Crippen LogP contribution in [0.3, 0.4) is 0 Å². The monoisotopic (exact) mass is 481 g/mol. The number of anilines is 1. The molecule has 1 aliphatic heterocycles. The molecule has 1 saturated heterocycles. The van der Waals surface area contributed by atoms with Gasteiger partial charge >= 0.3 is 0 Å². The Morgan fingerprint density at radius 1 is 1.21 bits per heavy atom. The Hall–Kier alpha value is -3.53. The quantitative estimate of drug-likeness (QED) is 0.470. The third kappa shape index (κ3) is 4.86. The highest BCUT2D eigenvalue weighted by Gasteiger charge is 2.32. The summed E-state index contributed by atoms with van der Waals surface area (Å²) < 4.78 is 16.4. The van der Waals surface area contributed by atoms with Crippen molar-refractivity contribution in [2.45, 2.75) is 32.1 Å². The fraction of sp³-hybridized carbons (Fsp3) is 0.333. The number of aryl methyl sites for hydroxylation is 1. The summed E-state index contributed by atoms with van der Waals surface area (Å²) in [6.07, 6.45) is 1.75. The maximum atomic E-state index is 14.7. The molecule has 10 heteroatoms. The van der Waals surface area contributed by atoms with Crippen molar-refractivity contribution in [2.24, 2.45) is 13.0 Å². The maximum Gasteiger partial charge on any atom is 0.251 e. The predicted octanol–water partition coefficient (Wildman–Crippen LogP) is 2.19. The third-order valence-electron chi connectivity index (χ3n) is 6.05. The van der Waals surface area contributed by atoms with Gasteiger partial charge < -0.3 is 16.0 Å². The summed E-state index contributed by atoms with van der Waals surface area (Å²) in [6.45, 7) is 6.37. The highest BCUT2D eigenvalue weighted by molar-refractivity contribution is 6.88. The minimum absolute atomic E-state index is 0.0746. The van der Waals surface area contributed by atoms with Gasteiger partial charge in [0.15, 0.2) is 0 Å². The number of fused-ring (bicyclic) bond motifs is 1. The minimum Gasteiger partial charge on any atom is -0.355 e. The van der Waals surface area contributed by atoms with Crippen LogP contribution in [0.2, 0.25) is 19.6 Å². The zero-order chi connectivity index (χ0) is 24.6. The van der Waals surface area contributed by atoms with Crippen LogP contribution in [0.15, 0.2) is 42.6 Å². The van der Waals surface area contributed by atoms with E-state index in [-0.39, 0.29) is 24.7 Å². The number of aromatic nitrogens is 2. The second-order valence-corrected chi connectivity index (χ2v) is 14.7.